The second kappa shape index (κ2) is 9.79. The van der Waals surface area contributed by atoms with E-state index in [4.69, 9.17) is 9.47 Å². The van der Waals surface area contributed by atoms with Gasteiger partial charge in [-0.15, -0.1) is 0 Å². The largest absolute Gasteiger partial charge is 0.487 e. The van der Waals surface area contributed by atoms with Gasteiger partial charge in [-0.25, -0.2) is 13.6 Å². The van der Waals surface area contributed by atoms with Crippen molar-refractivity contribution in [3.05, 3.63) is 66.3 Å². The van der Waals surface area contributed by atoms with E-state index >= 15 is 0 Å². The molecule has 7 nitrogen and oxygen atoms in total. The molecule has 0 aliphatic carbocycles. The highest BCUT2D eigenvalue weighted by molar-refractivity contribution is 5.68. The molecule has 3 aromatic rings. The third-order valence-corrected chi connectivity index (χ3v) is 5.58. The van der Waals surface area contributed by atoms with Gasteiger partial charge in [0, 0.05) is 36.6 Å². The fourth-order valence-electron chi connectivity index (χ4n) is 3.81. The maximum Gasteiger partial charge on any atom is 0.410 e. The molecule has 1 amide bonds. The van der Waals surface area contributed by atoms with E-state index in [0.29, 0.717) is 18.8 Å². The Morgan fingerprint density at radius 3 is 2.47 bits per heavy atom. The van der Waals surface area contributed by atoms with Gasteiger partial charge < -0.3 is 14.4 Å². The van der Waals surface area contributed by atoms with Crippen LogP contribution >= 0.6 is 0 Å². The van der Waals surface area contributed by atoms with Crippen molar-refractivity contribution >= 4 is 6.09 Å². The normalized spacial score (nSPS) is 14.8. The zero-order valence-corrected chi connectivity index (χ0v) is 19.5. The summed E-state index contributed by atoms with van der Waals surface area (Å²) in [6.07, 6.45) is 8.13. The molecule has 1 saturated heterocycles. The van der Waals surface area contributed by atoms with Crippen LogP contribution in [0.3, 0.4) is 0 Å². The summed E-state index contributed by atoms with van der Waals surface area (Å²) < 4.78 is 40.6. The van der Waals surface area contributed by atoms with E-state index in [1.54, 1.807) is 23.4 Å². The maximum absolute atomic E-state index is 13.8. The Bertz CT molecular complexity index is 1130. The fraction of sp³-hybridized carbons (Fsp3) is 0.400. The van der Waals surface area contributed by atoms with Crippen molar-refractivity contribution in [3.8, 4) is 16.9 Å². The van der Waals surface area contributed by atoms with Crippen LogP contribution in [0.4, 0.5) is 13.6 Å². The van der Waals surface area contributed by atoms with Crippen LogP contribution in [0.1, 0.15) is 45.2 Å². The number of pyridine rings is 1. The molecular formula is C25H28F2N4O3. The van der Waals surface area contributed by atoms with Crippen LogP contribution < -0.4 is 4.74 Å². The summed E-state index contributed by atoms with van der Waals surface area (Å²) in [5.41, 5.74) is 0.993. The number of aromatic nitrogens is 3. The molecule has 2 aromatic heterocycles. The summed E-state index contributed by atoms with van der Waals surface area (Å²) in [6.45, 7) is 6.54. The topological polar surface area (TPSA) is 69.5 Å². The van der Waals surface area contributed by atoms with Gasteiger partial charge in [-0.1, -0.05) is 6.07 Å². The van der Waals surface area contributed by atoms with Crippen molar-refractivity contribution in [1.82, 2.24) is 19.7 Å². The molecule has 0 bridgehead atoms. The molecule has 1 aromatic carbocycles. The molecule has 180 valence electrons. The molecule has 0 spiro atoms. The highest BCUT2D eigenvalue weighted by Crippen LogP contribution is 2.28. The number of amides is 1. The molecule has 34 heavy (non-hydrogen) atoms. The zero-order valence-electron chi connectivity index (χ0n) is 19.5. The molecule has 9 heteroatoms. The Morgan fingerprint density at radius 2 is 1.79 bits per heavy atom. The standard InChI is InChI=1S/C25H28F2N4O3/c1-25(2,3)34-24(32)30-9-7-19(8-10-30)31-15-18(13-29-31)17-11-20(14-28-12-17)33-16-21-22(26)5-4-6-23(21)27/h4-6,11-15,19H,7-10,16H2,1-3H3. The summed E-state index contributed by atoms with van der Waals surface area (Å²) in [5, 5.41) is 4.51. The van der Waals surface area contributed by atoms with E-state index in [-0.39, 0.29) is 24.3 Å². The van der Waals surface area contributed by atoms with Gasteiger partial charge in [0.15, 0.2) is 0 Å². The average molecular weight is 471 g/mol. The molecule has 0 N–H and O–H groups in total. The minimum absolute atomic E-state index is 0.126. The van der Waals surface area contributed by atoms with Gasteiger partial charge in [0.1, 0.15) is 29.6 Å². The third kappa shape index (κ3) is 5.70. The molecule has 1 aliphatic rings. The number of ether oxygens (including phenoxy) is 2. The first kappa shape index (κ1) is 23.7. The Morgan fingerprint density at radius 1 is 1.09 bits per heavy atom. The van der Waals surface area contributed by atoms with E-state index in [0.717, 1.165) is 24.0 Å². The second-order valence-corrected chi connectivity index (χ2v) is 9.31. The highest BCUT2D eigenvalue weighted by atomic mass is 19.1. The van der Waals surface area contributed by atoms with E-state index in [9.17, 15) is 13.6 Å². The summed E-state index contributed by atoms with van der Waals surface area (Å²) >= 11 is 0. The van der Waals surface area contributed by atoms with Crippen LogP contribution in [0, 0.1) is 11.6 Å². The molecule has 0 saturated carbocycles. The first-order valence-electron chi connectivity index (χ1n) is 11.2. The molecule has 1 aliphatic heterocycles. The Labute approximate surface area is 197 Å². The van der Waals surface area contributed by atoms with Crippen LogP contribution in [0.25, 0.3) is 11.1 Å². The minimum atomic E-state index is -0.650. The Kier molecular flexibility index (Phi) is 6.81. The van der Waals surface area contributed by atoms with E-state index in [1.807, 2.05) is 31.6 Å². The summed E-state index contributed by atoms with van der Waals surface area (Å²) in [7, 11) is 0. The van der Waals surface area contributed by atoms with Crippen LogP contribution in [0.15, 0.2) is 49.1 Å². The molecule has 0 atom stereocenters. The third-order valence-electron chi connectivity index (χ3n) is 5.58. The minimum Gasteiger partial charge on any atom is -0.487 e. The number of benzene rings is 1. The fourth-order valence-corrected chi connectivity index (χ4v) is 3.81. The number of hydrogen-bond donors (Lipinski definition) is 0. The van der Waals surface area contributed by atoms with Crippen LogP contribution in [0.5, 0.6) is 5.75 Å². The smallest absolute Gasteiger partial charge is 0.410 e. The number of halogens is 2. The zero-order chi connectivity index (χ0) is 24.3. The lowest BCUT2D eigenvalue weighted by Gasteiger charge is -2.33. The van der Waals surface area contributed by atoms with Crippen molar-refractivity contribution in [3.63, 3.8) is 0 Å². The number of rotatable bonds is 5. The lowest BCUT2D eigenvalue weighted by molar-refractivity contribution is 0.0185. The SMILES string of the molecule is CC(C)(C)OC(=O)N1CCC(n2cc(-c3cncc(OCc4c(F)cccc4F)c3)cn2)CC1. The summed E-state index contributed by atoms with van der Waals surface area (Å²) in [6, 6.07) is 5.64. The molecule has 4 rings (SSSR count). The van der Waals surface area contributed by atoms with Gasteiger partial charge in [0.2, 0.25) is 0 Å². The van der Waals surface area contributed by atoms with Gasteiger partial charge in [-0.2, -0.15) is 5.10 Å². The summed E-state index contributed by atoms with van der Waals surface area (Å²) in [5.74, 6) is -0.898. The first-order valence-corrected chi connectivity index (χ1v) is 11.2. The highest BCUT2D eigenvalue weighted by Gasteiger charge is 2.28. The molecule has 0 unspecified atom stereocenters. The predicted octanol–water partition coefficient (Wildman–Crippen LogP) is 5.37. The number of carbonyl (C=O) groups is 1. The van der Waals surface area contributed by atoms with E-state index in [1.165, 1.54) is 24.4 Å². The van der Waals surface area contributed by atoms with E-state index in [2.05, 4.69) is 10.1 Å². The van der Waals surface area contributed by atoms with E-state index < -0.39 is 17.2 Å². The van der Waals surface area contributed by atoms with Crippen LogP contribution in [0.2, 0.25) is 0 Å². The summed E-state index contributed by atoms with van der Waals surface area (Å²) in [4.78, 5) is 18.2. The maximum atomic E-state index is 13.8. The first-order chi connectivity index (χ1) is 16.2. The number of piperidine rings is 1. The molecule has 0 radical (unpaired) electrons. The van der Waals surface area contributed by atoms with Gasteiger partial charge in [-0.05, 0) is 51.8 Å². The molecule has 1 fully saturated rings. The van der Waals surface area contributed by atoms with Crippen molar-refractivity contribution in [1.29, 1.82) is 0 Å². The van der Waals surface area contributed by atoms with Crippen molar-refractivity contribution in [2.45, 2.75) is 51.9 Å². The number of hydrogen-bond acceptors (Lipinski definition) is 5. The van der Waals surface area contributed by atoms with Gasteiger partial charge in [0.25, 0.3) is 0 Å². The van der Waals surface area contributed by atoms with Crippen LogP contribution in [-0.4, -0.2) is 44.4 Å². The van der Waals surface area contributed by atoms with Gasteiger partial charge >= 0.3 is 6.09 Å². The quantitative estimate of drug-likeness (QED) is 0.501. The van der Waals surface area contributed by atoms with Gasteiger partial charge in [-0.3, -0.25) is 9.67 Å². The second-order valence-electron chi connectivity index (χ2n) is 9.31. The monoisotopic (exact) mass is 470 g/mol. The van der Waals surface area contributed by atoms with Crippen molar-refractivity contribution in [2.75, 3.05) is 13.1 Å². The Balaban J connectivity index is 1.38. The van der Waals surface area contributed by atoms with Crippen molar-refractivity contribution in [2.24, 2.45) is 0 Å². The predicted molar refractivity (Wildman–Crippen MR) is 122 cm³/mol. The van der Waals surface area contributed by atoms with Gasteiger partial charge in [0.05, 0.1) is 24.0 Å². The number of nitrogens with zero attached hydrogens (tertiary/aromatic N) is 4. The molecular weight excluding hydrogens is 442 g/mol. The molecule has 3 heterocycles. The van der Waals surface area contributed by atoms with Crippen molar-refractivity contribution < 1.29 is 23.0 Å². The average Bonchev–Trinajstić information content (AvgIpc) is 3.28. The lowest BCUT2D eigenvalue weighted by Crippen LogP contribution is -2.42. The lowest BCUT2D eigenvalue weighted by atomic mass is 10.1. The number of likely N-dealkylation sites (tertiary alicyclic amines) is 1. The number of carbonyl (C=O) groups excluding carboxylic acids is 1. The Hall–Kier alpha value is -3.49. The van der Waals surface area contributed by atoms with Crippen LogP contribution in [-0.2, 0) is 11.3 Å².